The Hall–Kier alpha value is -3.35. The minimum Gasteiger partial charge on any atom is -0.385 e. The van der Waals surface area contributed by atoms with Crippen LogP contribution < -0.4 is 16.2 Å². The summed E-state index contributed by atoms with van der Waals surface area (Å²) in [4.78, 5) is 28.0. The Bertz CT molecular complexity index is 1110. The second-order valence-electron chi connectivity index (χ2n) is 7.26. The first kappa shape index (κ1) is 20.4. The summed E-state index contributed by atoms with van der Waals surface area (Å²) in [5, 5.41) is 10.5. The van der Waals surface area contributed by atoms with Gasteiger partial charge in [0, 0.05) is 54.4 Å². The molecule has 0 aliphatic heterocycles. The van der Waals surface area contributed by atoms with Crippen LogP contribution in [0.25, 0.3) is 11.1 Å². The Balaban J connectivity index is 1.93. The molecular formula is C22H27N5O2. The summed E-state index contributed by atoms with van der Waals surface area (Å²) in [5.74, 6) is -0.216. The van der Waals surface area contributed by atoms with E-state index in [2.05, 4.69) is 20.7 Å². The van der Waals surface area contributed by atoms with Crippen LogP contribution in [-0.4, -0.2) is 27.2 Å². The molecule has 3 aromatic rings. The number of rotatable bonds is 6. The van der Waals surface area contributed by atoms with Crippen molar-refractivity contribution < 1.29 is 4.79 Å². The Morgan fingerprint density at radius 3 is 2.55 bits per heavy atom. The number of pyridine rings is 1. The van der Waals surface area contributed by atoms with E-state index in [-0.39, 0.29) is 18.0 Å². The van der Waals surface area contributed by atoms with Gasteiger partial charge in [-0.05, 0) is 62.6 Å². The summed E-state index contributed by atoms with van der Waals surface area (Å²) in [6.07, 6.45) is 3.69. The number of anilines is 1. The molecule has 3 N–H and O–H groups in total. The molecule has 7 heteroatoms. The molecule has 0 saturated carbocycles. The molecule has 1 amide bonds. The summed E-state index contributed by atoms with van der Waals surface area (Å²) in [6, 6.07) is 5.80. The van der Waals surface area contributed by atoms with Gasteiger partial charge < -0.3 is 15.6 Å². The van der Waals surface area contributed by atoms with Gasteiger partial charge in [-0.25, -0.2) is 0 Å². The molecule has 2 aromatic heterocycles. The number of amides is 1. The highest BCUT2D eigenvalue weighted by molar-refractivity contribution is 5.98. The predicted octanol–water partition coefficient (Wildman–Crippen LogP) is 3.06. The molecule has 7 nitrogen and oxygen atoms in total. The first-order valence-corrected chi connectivity index (χ1v) is 9.65. The van der Waals surface area contributed by atoms with Crippen LogP contribution >= 0.6 is 0 Å². The third kappa shape index (κ3) is 4.39. The second kappa shape index (κ2) is 8.34. The van der Waals surface area contributed by atoms with E-state index in [9.17, 15) is 9.59 Å². The number of benzene rings is 1. The van der Waals surface area contributed by atoms with Crippen molar-refractivity contribution in [2.24, 2.45) is 7.05 Å². The lowest BCUT2D eigenvalue weighted by Gasteiger charge is -2.15. The second-order valence-corrected chi connectivity index (χ2v) is 7.26. The zero-order valence-corrected chi connectivity index (χ0v) is 17.5. The van der Waals surface area contributed by atoms with Gasteiger partial charge in [-0.2, -0.15) is 5.10 Å². The highest BCUT2D eigenvalue weighted by Gasteiger charge is 2.16. The van der Waals surface area contributed by atoms with Crippen LogP contribution in [0.3, 0.4) is 0 Å². The van der Waals surface area contributed by atoms with Gasteiger partial charge in [0.1, 0.15) is 0 Å². The predicted molar refractivity (Wildman–Crippen MR) is 115 cm³/mol. The summed E-state index contributed by atoms with van der Waals surface area (Å²) in [5.41, 5.74) is 6.26. The zero-order chi connectivity index (χ0) is 21.1. The number of carbonyl (C=O) groups is 1. The van der Waals surface area contributed by atoms with Crippen LogP contribution in [0.2, 0.25) is 0 Å². The van der Waals surface area contributed by atoms with Gasteiger partial charge in [-0.1, -0.05) is 0 Å². The summed E-state index contributed by atoms with van der Waals surface area (Å²) < 4.78 is 1.73. The van der Waals surface area contributed by atoms with E-state index in [0.29, 0.717) is 11.1 Å². The van der Waals surface area contributed by atoms with Crippen molar-refractivity contribution in [3.63, 3.8) is 0 Å². The quantitative estimate of drug-likeness (QED) is 0.600. The van der Waals surface area contributed by atoms with E-state index < -0.39 is 0 Å². The van der Waals surface area contributed by atoms with Gasteiger partial charge in [-0.3, -0.25) is 14.3 Å². The maximum Gasteiger partial charge on any atom is 0.253 e. The average molecular weight is 393 g/mol. The molecule has 1 aromatic carbocycles. The average Bonchev–Trinajstić information content (AvgIpc) is 3.09. The van der Waals surface area contributed by atoms with Crippen molar-refractivity contribution in [1.29, 1.82) is 0 Å². The van der Waals surface area contributed by atoms with Gasteiger partial charge in [0.2, 0.25) is 0 Å². The molecule has 0 aliphatic carbocycles. The van der Waals surface area contributed by atoms with E-state index in [4.69, 9.17) is 0 Å². The molecule has 29 heavy (non-hydrogen) atoms. The van der Waals surface area contributed by atoms with Crippen molar-refractivity contribution >= 4 is 11.6 Å². The maximum absolute atomic E-state index is 13.0. The minimum atomic E-state index is -0.216. The summed E-state index contributed by atoms with van der Waals surface area (Å²) in [6.45, 7) is 8.57. The van der Waals surface area contributed by atoms with Gasteiger partial charge in [0.05, 0.1) is 6.20 Å². The lowest BCUT2D eigenvalue weighted by atomic mass is 9.98. The highest BCUT2D eigenvalue weighted by Crippen LogP contribution is 2.28. The normalized spacial score (nSPS) is 10.8. The van der Waals surface area contributed by atoms with E-state index in [1.165, 1.54) is 0 Å². The molecular weight excluding hydrogens is 366 g/mol. The smallest absolute Gasteiger partial charge is 0.253 e. The van der Waals surface area contributed by atoms with Gasteiger partial charge in [-0.15, -0.1) is 0 Å². The molecule has 152 valence electrons. The third-order valence-electron chi connectivity index (χ3n) is 4.98. The van der Waals surface area contributed by atoms with Crippen molar-refractivity contribution in [1.82, 2.24) is 20.1 Å². The SMILES string of the molecule is CCNc1cc(-c2cnn(C)c2)cc(C(=O)NCc2c(C)cc(C)[nH]c2=O)c1C. The Labute approximate surface area is 170 Å². The lowest BCUT2D eigenvalue weighted by molar-refractivity contribution is 0.0950. The summed E-state index contributed by atoms with van der Waals surface area (Å²) in [7, 11) is 1.86. The number of hydrogen-bond donors (Lipinski definition) is 3. The molecule has 0 unspecified atom stereocenters. The molecule has 0 bridgehead atoms. The fraction of sp³-hybridized carbons (Fsp3) is 0.318. The number of H-pyrrole nitrogens is 1. The van der Waals surface area contributed by atoms with Crippen molar-refractivity contribution in [3.8, 4) is 11.1 Å². The minimum absolute atomic E-state index is 0.169. The van der Waals surface area contributed by atoms with Crippen molar-refractivity contribution in [3.05, 3.63) is 68.9 Å². The number of carbonyl (C=O) groups excluding carboxylic acids is 1. The van der Waals surface area contributed by atoms with Crippen LogP contribution in [0, 0.1) is 20.8 Å². The van der Waals surface area contributed by atoms with Crippen molar-refractivity contribution in [2.45, 2.75) is 34.2 Å². The van der Waals surface area contributed by atoms with E-state index >= 15 is 0 Å². The molecule has 0 atom stereocenters. The van der Waals surface area contributed by atoms with Crippen LogP contribution in [0.1, 0.15) is 39.7 Å². The first-order valence-electron chi connectivity index (χ1n) is 9.65. The molecule has 0 saturated heterocycles. The third-order valence-corrected chi connectivity index (χ3v) is 4.98. The molecule has 2 heterocycles. The number of aromatic amines is 1. The Morgan fingerprint density at radius 1 is 1.17 bits per heavy atom. The highest BCUT2D eigenvalue weighted by atomic mass is 16.1. The lowest BCUT2D eigenvalue weighted by Crippen LogP contribution is -2.28. The fourth-order valence-corrected chi connectivity index (χ4v) is 3.43. The number of nitrogens with zero attached hydrogens (tertiary/aromatic N) is 2. The first-order chi connectivity index (χ1) is 13.8. The number of hydrogen-bond acceptors (Lipinski definition) is 4. The molecule has 0 spiro atoms. The summed E-state index contributed by atoms with van der Waals surface area (Å²) >= 11 is 0. The van der Waals surface area contributed by atoms with Crippen LogP contribution in [0.15, 0.2) is 35.4 Å². The van der Waals surface area contributed by atoms with E-state index in [0.717, 1.165) is 40.2 Å². The number of aryl methyl sites for hydroxylation is 3. The Morgan fingerprint density at radius 2 is 1.93 bits per heavy atom. The largest absolute Gasteiger partial charge is 0.385 e. The van der Waals surface area contributed by atoms with Crippen LogP contribution in [0.4, 0.5) is 5.69 Å². The standard InChI is InChI=1S/C22H27N5O2/c1-6-23-20-9-16(17-10-25-27(5)12-17)8-18(15(20)4)21(28)24-11-19-13(2)7-14(3)26-22(19)29/h7-10,12,23H,6,11H2,1-5H3,(H,24,28)(H,26,29). The molecule has 0 fully saturated rings. The van der Waals surface area contributed by atoms with Gasteiger partial charge >= 0.3 is 0 Å². The van der Waals surface area contributed by atoms with Gasteiger partial charge in [0.15, 0.2) is 0 Å². The number of nitrogens with one attached hydrogen (secondary N) is 3. The molecule has 3 rings (SSSR count). The molecule has 0 aliphatic rings. The number of aromatic nitrogens is 3. The monoisotopic (exact) mass is 393 g/mol. The fourth-order valence-electron chi connectivity index (χ4n) is 3.43. The molecule has 0 radical (unpaired) electrons. The van der Waals surface area contributed by atoms with E-state index in [1.807, 2.05) is 59.1 Å². The Kier molecular flexibility index (Phi) is 5.87. The maximum atomic E-state index is 13.0. The van der Waals surface area contributed by atoms with E-state index in [1.54, 1.807) is 10.9 Å². The zero-order valence-electron chi connectivity index (χ0n) is 17.5. The topological polar surface area (TPSA) is 91.8 Å². The van der Waals surface area contributed by atoms with Crippen molar-refractivity contribution in [2.75, 3.05) is 11.9 Å². The van der Waals surface area contributed by atoms with Gasteiger partial charge in [0.25, 0.3) is 11.5 Å². The van der Waals surface area contributed by atoms with Crippen LogP contribution in [-0.2, 0) is 13.6 Å². The van der Waals surface area contributed by atoms with Crippen LogP contribution in [0.5, 0.6) is 0 Å².